The molecule has 4 rings (SSSR count). The molecular formula is C25H31ClN4O4S. The molecule has 0 radical (unpaired) electrons. The monoisotopic (exact) mass is 518 g/mol. The Labute approximate surface area is 211 Å². The van der Waals surface area contributed by atoms with E-state index in [9.17, 15) is 18.0 Å². The maximum atomic E-state index is 13.7. The number of hydrogen-bond donors (Lipinski definition) is 1. The lowest BCUT2D eigenvalue weighted by Crippen LogP contribution is -2.57. The largest absolute Gasteiger partial charge is 0.352 e. The minimum absolute atomic E-state index is 0.0267. The van der Waals surface area contributed by atoms with Crippen LogP contribution < -0.4 is 10.2 Å². The van der Waals surface area contributed by atoms with Crippen LogP contribution in [0.25, 0.3) is 0 Å². The van der Waals surface area contributed by atoms with Crippen molar-refractivity contribution in [3.8, 4) is 0 Å². The number of halogens is 1. The second-order valence-electron chi connectivity index (χ2n) is 9.17. The molecule has 2 aliphatic heterocycles. The number of carbonyl (C=O) groups excluding carboxylic acids is 2. The van der Waals surface area contributed by atoms with Gasteiger partial charge in [-0.1, -0.05) is 36.7 Å². The Kier molecular flexibility index (Phi) is 7.40. The molecular weight excluding hydrogens is 488 g/mol. The molecule has 2 aromatic rings. The summed E-state index contributed by atoms with van der Waals surface area (Å²) >= 11 is 5.92. The van der Waals surface area contributed by atoms with Gasteiger partial charge in [0, 0.05) is 29.8 Å². The quantitative estimate of drug-likeness (QED) is 0.608. The molecule has 2 aliphatic rings. The van der Waals surface area contributed by atoms with Crippen LogP contribution in [-0.4, -0.2) is 67.3 Å². The number of sulfonamides is 1. The maximum absolute atomic E-state index is 13.7. The van der Waals surface area contributed by atoms with Gasteiger partial charge in [-0.05, 0) is 62.6 Å². The summed E-state index contributed by atoms with van der Waals surface area (Å²) < 4.78 is 27.8. The number of carbonyl (C=O) groups is 2. The van der Waals surface area contributed by atoms with Crippen molar-refractivity contribution in [3.63, 3.8) is 0 Å². The topological polar surface area (TPSA) is 90.0 Å². The van der Waals surface area contributed by atoms with Crippen LogP contribution >= 0.6 is 11.6 Å². The van der Waals surface area contributed by atoms with Crippen LogP contribution in [0.4, 0.5) is 5.69 Å². The van der Waals surface area contributed by atoms with Gasteiger partial charge in [0.2, 0.25) is 21.8 Å². The summed E-state index contributed by atoms with van der Waals surface area (Å²) in [5.74, 6) is -0.329. The lowest BCUT2D eigenvalue weighted by molar-refractivity contribution is -0.137. The summed E-state index contributed by atoms with van der Waals surface area (Å²) in [6, 6.07) is 15.7. The molecule has 2 heterocycles. The number of piperidine rings is 1. The molecule has 188 valence electrons. The summed E-state index contributed by atoms with van der Waals surface area (Å²) in [7, 11) is -3.71. The molecule has 1 spiro atoms. The van der Waals surface area contributed by atoms with E-state index in [0.717, 1.165) is 12.1 Å². The first-order valence-electron chi connectivity index (χ1n) is 11.8. The fourth-order valence-corrected chi connectivity index (χ4v) is 6.34. The zero-order valence-electron chi connectivity index (χ0n) is 20.0. The summed E-state index contributed by atoms with van der Waals surface area (Å²) in [4.78, 5) is 30.1. The number of nitrogens with zero attached hydrogens (tertiary/aromatic N) is 3. The fraction of sp³-hybridized carbons (Fsp3) is 0.440. The van der Waals surface area contributed by atoms with Gasteiger partial charge in [-0.15, -0.1) is 0 Å². The van der Waals surface area contributed by atoms with Crippen LogP contribution in [0.1, 0.15) is 33.1 Å². The molecule has 1 N–H and O–H groups in total. The van der Waals surface area contributed by atoms with E-state index >= 15 is 0 Å². The number of nitrogens with one attached hydrogen (secondary N) is 1. The first-order valence-corrected chi connectivity index (χ1v) is 13.7. The molecule has 2 aromatic carbocycles. The van der Waals surface area contributed by atoms with Gasteiger partial charge >= 0.3 is 0 Å². The van der Waals surface area contributed by atoms with Crippen molar-refractivity contribution in [1.82, 2.24) is 14.5 Å². The standard InChI is InChI=1S/C25H31ClN4O4S/c1-3-19(2)27-23(31)17-28-18-30(21-7-5-4-6-8-21)25(24(28)32)13-15-29(16-14-25)35(33,34)22-11-9-20(26)10-12-22/h4-12,19H,3,13-18H2,1-2H3,(H,27,31). The van der Waals surface area contributed by atoms with Crippen molar-refractivity contribution in [3.05, 3.63) is 59.6 Å². The van der Waals surface area contributed by atoms with Crippen LogP contribution in [0.5, 0.6) is 0 Å². The highest BCUT2D eigenvalue weighted by atomic mass is 35.5. The van der Waals surface area contributed by atoms with E-state index in [0.29, 0.717) is 17.9 Å². The number of para-hydroxylation sites is 1. The normalized spacial score (nSPS) is 19.2. The lowest BCUT2D eigenvalue weighted by atomic mass is 9.86. The van der Waals surface area contributed by atoms with Crippen molar-refractivity contribution >= 4 is 39.1 Å². The number of hydrogen-bond acceptors (Lipinski definition) is 5. The van der Waals surface area contributed by atoms with Gasteiger partial charge < -0.3 is 15.1 Å². The zero-order chi connectivity index (χ0) is 25.2. The number of benzene rings is 2. The Balaban J connectivity index is 1.57. The van der Waals surface area contributed by atoms with Gasteiger partial charge in [-0.2, -0.15) is 4.31 Å². The number of rotatable bonds is 7. The van der Waals surface area contributed by atoms with Crippen molar-refractivity contribution < 1.29 is 18.0 Å². The molecule has 1 atom stereocenters. The van der Waals surface area contributed by atoms with Crippen molar-refractivity contribution in [2.24, 2.45) is 0 Å². The summed E-state index contributed by atoms with van der Waals surface area (Å²) in [5, 5.41) is 3.39. The van der Waals surface area contributed by atoms with Crippen molar-refractivity contribution in [2.75, 3.05) is 31.2 Å². The summed E-state index contributed by atoms with van der Waals surface area (Å²) in [5.41, 5.74) is -0.0241. The van der Waals surface area contributed by atoms with Gasteiger partial charge in [-0.3, -0.25) is 9.59 Å². The van der Waals surface area contributed by atoms with Crippen molar-refractivity contribution in [1.29, 1.82) is 0 Å². The van der Waals surface area contributed by atoms with Crippen LogP contribution in [0.15, 0.2) is 59.5 Å². The Morgan fingerprint density at radius 3 is 2.31 bits per heavy atom. The smallest absolute Gasteiger partial charge is 0.250 e. The van der Waals surface area contributed by atoms with E-state index in [1.54, 1.807) is 17.0 Å². The number of amides is 2. The van der Waals surface area contributed by atoms with Crippen LogP contribution in [0, 0.1) is 0 Å². The van der Waals surface area contributed by atoms with E-state index in [2.05, 4.69) is 5.32 Å². The van der Waals surface area contributed by atoms with Gasteiger partial charge in [0.25, 0.3) is 0 Å². The van der Waals surface area contributed by atoms with Gasteiger partial charge in [-0.25, -0.2) is 8.42 Å². The average molecular weight is 519 g/mol. The first kappa shape index (κ1) is 25.5. The molecule has 2 amide bonds. The Hall–Kier alpha value is -2.62. The minimum Gasteiger partial charge on any atom is -0.352 e. The third kappa shape index (κ3) is 5.03. The molecule has 35 heavy (non-hydrogen) atoms. The molecule has 8 nitrogen and oxygen atoms in total. The molecule has 1 unspecified atom stereocenters. The Bertz CT molecular complexity index is 1170. The molecule has 0 saturated carbocycles. The third-order valence-electron chi connectivity index (χ3n) is 6.94. The molecule has 0 aliphatic carbocycles. The SMILES string of the molecule is CCC(C)NC(=O)CN1CN(c2ccccc2)C2(CCN(S(=O)(=O)c3ccc(Cl)cc3)CC2)C1=O. The summed E-state index contributed by atoms with van der Waals surface area (Å²) in [6.07, 6.45) is 1.46. The van der Waals surface area contributed by atoms with E-state index < -0.39 is 15.6 Å². The van der Waals surface area contributed by atoms with E-state index in [1.807, 2.05) is 49.1 Å². The second kappa shape index (κ2) is 10.2. The van der Waals surface area contributed by atoms with Crippen LogP contribution in [0.3, 0.4) is 0 Å². The summed E-state index contributed by atoms with van der Waals surface area (Å²) in [6.45, 7) is 4.57. The molecule has 2 fully saturated rings. The van der Waals surface area contributed by atoms with Gasteiger partial charge in [0.1, 0.15) is 12.1 Å². The fourth-order valence-electron chi connectivity index (χ4n) is 4.77. The first-order chi connectivity index (χ1) is 16.7. The van der Waals surface area contributed by atoms with Gasteiger partial charge in [0.15, 0.2) is 0 Å². The average Bonchev–Trinajstić information content (AvgIpc) is 3.11. The predicted octanol–water partition coefficient (Wildman–Crippen LogP) is 3.08. The second-order valence-corrected chi connectivity index (χ2v) is 11.5. The van der Waals surface area contributed by atoms with E-state index in [4.69, 9.17) is 11.6 Å². The molecule has 0 aromatic heterocycles. The molecule has 2 saturated heterocycles. The minimum atomic E-state index is -3.71. The maximum Gasteiger partial charge on any atom is 0.250 e. The highest BCUT2D eigenvalue weighted by molar-refractivity contribution is 7.89. The Morgan fingerprint density at radius 1 is 1.09 bits per heavy atom. The number of anilines is 1. The van der Waals surface area contributed by atoms with Crippen molar-refractivity contribution in [2.45, 2.75) is 49.6 Å². The van der Waals surface area contributed by atoms with E-state index in [-0.39, 0.29) is 49.1 Å². The molecule has 10 heteroatoms. The third-order valence-corrected chi connectivity index (χ3v) is 9.10. The highest BCUT2D eigenvalue weighted by Gasteiger charge is 2.55. The van der Waals surface area contributed by atoms with Crippen LogP contribution in [-0.2, 0) is 19.6 Å². The lowest BCUT2D eigenvalue weighted by Gasteiger charge is -2.42. The molecule has 0 bridgehead atoms. The van der Waals surface area contributed by atoms with E-state index in [1.165, 1.54) is 16.4 Å². The van der Waals surface area contributed by atoms with Gasteiger partial charge in [0.05, 0.1) is 11.6 Å². The Morgan fingerprint density at radius 2 is 1.71 bits per heavy atom. The zero-order valence-corrected chi connectivity index (χ0v) is 21.6. The predicted molar refractivity (Wildman–Crippen MR) is 136 cm³/mol. The highest BCUT2D eigenvalue weighted by Crippen LogP contribution is 2.40. The van der Waals surface area contributed by atoms with Crippen LogP contribution in [0.2, 0.25) is 5.02 Å².